The lowest BCUT2D eigenvalue weighted by atomic mass is 10.2. The van der Waals surface area contributed by atoms with Crippen LogP contribution < -0.4 is 4.90 Å². The Morgan fingerprint density at radius 2 is 1.93 bits per heavy atom. The van der Waals surface area contributed by atoms with Crippen molar-refractivity contribution in [3.63, 3.8) is 0 Å². The van der Waals surface area contributed by atoms with Crippen LogP contribution in [0.25, 0.3) is 0 Å². The van der Waals surface area contributed by atoms with Gasteiger partial charge in [0.15, 0.2) is 5.28 Å². The van der Waals surface area contributed by atoms with Crippen molar-refractivity contribution in [2.24, 2.45) is 5.28 Å². The van der Waals surface area contributed by atoms with Crippen LogP contribution in [-0.4, -0.2) is 24.2 Å². The van der Waals surface area contributed by atoms with Crippen LogP contribution >= 0.6 is 0 Å². The average molecular weight is 195 g/mol. The molecule has 0 amide bonds. The number of rotatable bonds is 3. The number of hydrogen-bond acceptors (Lipinski definition) is 3. The molecule has 0 unspecified atom stereocenters. The molecular formula is C9H13N3O2. The second-order valence-corrected chi connectivity index (χ2v) is 3.16. The van der Waals surface area contributed by atoms with E-state index in [0.717, 1.165) is 11.3 Å². The molecule has 76 valence electrons. The fraction of sp³-hybridized carbons (Fsp3) is 0.333. The van der Waals surface area contributed by atoms with E-state index >= 15 is 0 Å². The monoisotopic (exact) mass is 195 g/mol. The molecule has 0 aliphatic carbocycles. The summed E-state index contributed by atoms with van der Waals surface area (Å²) in [4.78, 5) is 2.19. The third kappa shape index (κ3) is 2.62. The first kappa shape index (κ1) is 10.3. The van der Waals surface area contributed by atoms with E-state index in [1.165, 1.54) is 0 Å². The molecule has 0 fully saturated rings. The molecular weight excluding hydrogens is 182 g/mol. The molecule has 0 saturated heterocycles. The zero-order valence-electron chi connectivity index (χ0n) is 8.21. The first-order chi connectivity index (χ1) is 6.63. The third-order valence-electron chi connectivity index (χ3n) is 1.87. The summed E-state index contributed by atoms with van der Waals surface area (Å²) in [5.74, 6) is 0. The highest BCUT2D eigenvalue weighted by Crippen LogP contribution is 2.12. The normalized spacial score (nSPS) is 11.4. The maximum atomic E-state index is 10.7. The Kier molecular flexibility index (Phi) is 3.28. The smallest absolute Gasteiger partial charge is 0.209 e. The van der Waals surface area contributed by atoms with Crippen LogP contribution in [0, 0.1) is 5.21 Å². The molecule has 1 N–H and O–H groups in total. The van der Waals surface area contributed by atoms with Gasteiger partial charge < -0.3 is 15.3 Å². The van der Waals surface area contributed by atoms with E-state index < -0.39 is 0 Å². The fourth-order valence-corrected chi connectivity index (χ4v) is 1.09. The minimum atomic E-state index is 0.0597. The second-order valence-electron chi connectivity index (χ2n) is 3.16. The Morgan fingerprint density at radius 1 is 1.36 bits per heavy atom. The second kappa shape index (κ2) is 4.45. The molecule has 0 aliphatic rings. The number of hydrogen-bond donors (Lipinski definition) is 1. The molecule has 1 aromatic rings. The van der Waals surface area contributed by atoms with Gasteiger partial charge in [-0.15, -0.1) is 0 Å². The van der Waals surface area contributed by atoms with E-state index in [1.54, 1.807) is 0 Å². The lowest BCUT2D eigenvalue weighted by Crippen LogP contribution is -2.08. The molecule has 5 nitrogen and oxygen atoms in total. The summed E-state index contributed by atoms with van der Waals surface area (Å²) in [5, 5.41) is 21.4. The lowest BCUT2D eigenvalue weighted by Gasteiger charge is -2.11. The molecule has 0 spiro atoms. The Hall–Kier alpha value is -1.78. The summed E-state index contributed by atoms with van der Waals surface area (Å²) >= 11 is 0. The number of anilines is 1. The van der Waals surface area contributed by atoms with Gasteiger partial charge in [-0.3, -0.25) is 0 Å². The molecule has 0 saturated carbocycles. The number of nitrogens with zero attached hydrogens (tertiary/aromatic N) is 3. The van der Waals surface area contributed by atoms with Crippen molar-refractivity contribution < 1.29 is 10.1 Å². The molecule has 0 radical (unpaired) electrons. The van der Waals surface area contributed by atoms with Crippen LogP contribution in [0.3, 0.4) is 0 Å². The fourth-order valence-electron chi connectivity index (χ4n) is 1.09. The SMILES string of the molecule is CN(C)c1ccc(C/[N+]([O-])=N/O)cc1. The van der Waals surface area contributed by atoms with Crippen molar-refractivity contribution in [3.8, 4) is 0 Å². The number of benzene rings is 1. The van der Waals surface area contributed by atoms with Crippen LogP contribution in [0.1, 0.15) is 5.56 Å². The highest BCUT2D eigenvalue weighted by atomic mass is 16.6. The molecule has 1 aromatic carbocycles. The summed E-state index contributed by atoms with van der Waals surface area (Å²) in [6, 6.07) is 7.46. The Morgan fingerprint density at radius 3 is 2.36 bits per heavy atom. The van der Waals surface area contributed by atoms with Crippen LogP contribution in [0.5, 0.6) is 0 Å². The van der Waals surface area contributed by atoms with E-state index in [2.05, 4.69) is 5.28 Å². The van der Waals surface area contributed by atoms with Crippen LogP contribution in [0.4, 0.5) is 5.69 Å². The van der Waals surface area contributed by atoms with Gasteiger partial charge in [0.05, 0.1) is 0 Å². The summed E-state index contributed by atoms with van der Waals surface area (Å²) in [6.07, 6.45) is 0. The molecule has 0 aliphatic heterocycles. The molecule has 14 heavy (non-hydrogen) atoms. The highest BCUT2D eigenvalue weighted by molar-refractivity contribution is 5.45. The molecule has 0 bridgehead atoms. The van der Waals surface area contributed by atoms with E-state index in [9.17, 15) is 5.21 Å². The van der Waals surface area contributed by atoms with Crippen molar-refractivity contribution in [2.75, 3.05) is 19.0 Å². The maximum absolute atomic E-state index is 10.7. The largest absolute Gasteiger partial charge is 0.597 e. The van der Waals surface area contributed by atoms with Crippen LogP contribution in [0.2, 0.25) is 0 Å². The number of hydroxylamine groups is 1. The molecule has 0 atom stereocenters. The van der Waals surface area contributed by atoms with Gasteiger partial charge >= 0.3 is 0 Å². The van der Waals surface area contributed by atoms with Crippen LogP contribution in [0.15, 0.2) is 29.5 Å². The van der Waals surface area contributed by atoms with E-state index in [1.807, 2.05) is 43.3 Å². The maximum Gasteiger partial charge on any atom is 0.209 e. The van der Waals surface area contributed by atoms with E-state index in [4.69, 9.17) is 5.21 Å². The van der Waals surface area contributed by atoms with Gasteiger partial charge in [-0.25, -0.2) is 0 Å². The molecule has 0 aromatic heterocycles. The first-order valence-corrected chi connectivity index (χ1v) is 4.19. The molecule has 0 heterocycles. The van der Waals surface area contributed by atoms with Crippen LogP contribution in [-0.2, 0) is 6.54 Å². The molecule has 1 rings (SSSR count). The lowest BCUT2D eigenvalue weighted by molar-refractivity contribution is -0.570. The van der Waals surface area contributed by atoms with E-state index in [0.29, 0.717) is 0 Å². The van der Waals surface area contributed by atoms with Gasteiger partial charge in [-0.2, -0.15) is 0 Å². The predicted molar refractivity (Wildman–Crippen MR) is 52.3 cm³/mol. The van der Waals surface area contributed by atoms with Gasteiger partial charge in [-0.05, 0) is 12.1 Å². The standard InChI is InChI=1S/C9H13N3O2/c1-11(2)9-5-3-8(4-6-9)7-12(14)10-13/h3-6,13H,7H2,1-2H3/b12-10-. The Labute approximate surface area is 82.4 Å². The molecule has 5 heteroatoms. The van der Waals surface area contributed by atoms with Crippen molar-refractivity contribution in [1.82, 2.24) is 0 Å². The van der Waals surface area contributed by atoms with Gasteiger partial charge in [0.25, 0.3) is 0 Å². The summed E-state index contributed by atoms with van der Waals surface area (Å²) < 4.78 is 0. The first-order valence-electron chi connectivity index (χ1n) is 4.19. The van der Waals surface area contributed by atoms with Crippen molar-refractivity contribution in [2.45, 2.75) is 6.54 Å². The zero-order valence-corrected chi connectivity index (χ0v) is 8.21. The average Bonchev–Trinajstić information content (AvgIpc) is 2.18. The van der Waals surface area contributed by atoms with Gasteiger partial charge in [0.1, 0.15) is 0 Å². The van der Waals surface area contributed by atoms with Crippen molar-refractivity contribution in [3.05, 3.63) is 35.0 Å². The minimum absolute atomic E-state index is 0.0597. The van der Waals surface area contributed by atoms with Gasteiger partial charge in [-0.1, -0.05) is 17.0 Å². The summed E-state index contributed by atoms with van der Waals surface area (Å²) in [7, 11) is 3.88. The topological polar surface area (TPSA) is 61.9 Å². The highest BCUT2D eigenvalue weighted by Gasteiger charge is 2.00. The summed E-state index contributed by atoms with van der Waals surface area (Å²) in [6.45, 7) is 0.0597. The quantitative estimate of drug-likeness (QED) is 0.452. The van der Waals surface area contributed by atoms with Gasteiger partial charge in [0.2, 0.25) is 6.54 Å². The predicted octanol–water partition coefficient (Wildman–Crippen LogP) is 1.60. The van der Waals surface area contributed by atoms with Crippen molar-refractivity contribution >= 4 is 5.69 Å². The minimum Gasteiger partial charge on any atom is -0.597 e. The summed E-state index contributed by atoms with van der Waals surface area (Å²) in [5.41, 5.74) is 1.87. The van der Waals surface area contributed by atoms with Crippen molar-refractivity contribution in [1.29, 1.82) is 0 Å². The van der Waals surface area contributed by atoms with Gasteiger partial charge in [0, 0.05) is 25.3 Å². The Balaban J connectivity index is 2.74. The Bertz CT molecular complexity index is 319. The zero-order chi connectivity index (χ0) is 10.6. The van der Waals surface area contributed by atoms with E-state index in [-0.39, 0.29) is 11.4 Å². The third-order valence-corrected chi connectivity index (χ3v) is 1.87.